The molecule has 0 aliphatic rings. The summed E-state index contributed by atoms with van der Waals surface area (Å²) in [5.41, 5.74) is -1.43. The van der Waals surface area contributed by atoms with Gasteiger partial charge >= 0.3 is 17.9 Å². The van der Waals surface area contributed by atoms with Crippen LogP contribution in [0.25, 0.3) is 11.2 Å². The molecule has 0 atom stereocenters. The molecule has 0 fully saturated rings. The molecular weight excluding hydrogens is 451 g/mol. The lowest BCUT2D eigenvalue weighted by atomic mass is 10.2. The maximum absolute atomic E-state index is 13.1. The number of nitrogens with zero attached hydrogens (tertiary/aromatic N) is 5. The number of alkyl halides is 3. The van der Waals surface area contributed by atoms with Gasteiger partial charge in [0.05, 0.1) is 12.1 Å². The van der Waals surface area contributed by atoms with Crippen LogP contribution in [-0.4, -0.2) is 23.7 Å². The molecule has 166 valence electrons. The number of pyridine rings is 1. The minimum atomic E-state index is -4.56. The molecule has 0 saturated carbocycles. The van der Waals surface area contributed by atoms with E-state index in [2.05, 4.69) is 9.97 Å². The molecule has 0 radical (unpaired) electrons. The van der Waals surface area contributed by atoms with Crippen LogP contribution >= 0.6 is 11.6 Å². The Morgan fingerprint density at radius 3 is 2.53 bits per heavy atom. The summed E-state index contributed by atoms with van der Waals surface area (Å²) in [5.74, 6) is -0.133. The quantitative estimate of drug-likeness (QED) is 0.432. The third kappa shape index (κ3) is 3.86. The van der Waals surface area contributed by atoms with Crippen LogP contribution in [0.15, 0.2) is 52.2 Å². The molecule has 32 heavy (non-hydrogen) atoms. The molecule has 1 aromatic carbocycles. The van der Waals surface area contributed by atoms with E-state index in [9.17, 15) is 22.8 Å². The Morgan fingerprint density at radius 1 is 1.09 bits per heavy atom. The van der Waals surface area contributed by atoms with Crippen LogP contribution in [0.4, 0.5) is 13.2 Å². The van der Waals surface area contributed by atoms with Crippen LogP contribution in [0.2, 0.25) is 5.15 Å². The second-order valence-corrected chi connectivity index (χ2v) is 7.36. The highest BCUT2D eigenvalue weighted by Gasteiger charge is 2.31. The summed E-state index contributed by atoms with van der Waals surface area (Å²) in [4.78, 5) is 33.3. The molecule has 3 heterocycles. The summed E-state index contributed by atoms with van der Waals surface area (Å²) >= 11 is 5.95. The molecule has 0 N–H and O–H groups in total. The number of hydrogen-bond donors (Lipinski definition) is 0. The van der Waals surface area contributed by atoms with E-state index in [0.717, 1.165) is 21.3 Å². The van der Waals surface area contributed by atoms with Crippen molar-refractivity contribution in [2.75, 3.05) is 0 Å². The second kappa shape index (κ2) is 7.83. The van der Waals surface area contributed by atoms with Gasteiger partial charge in [-0.05, 0) is 35.9 Å². The highest BCUT2D eigenvalue weighted by Crippen LogP contribution is 2.33. The molecule has 0 aliphatic heterocycles. The third-order valence-corrected chi connectivity index (χ3v) is 5.02. The number of fused-ring (bicyclic) bond motifs is 1. The monoisotopic (exact) mass is 465 g/mol. The van der Waals surface area contributed by atoms with Crippen molar-refractivity contribution >= 4 is 22.8 Å². The van der Waals surface area contributed by atoms with Crippen LogP contribution < -0.4 is 16.0 Å². The molecule has 0 amide bonds. The number of ether oxygens (including phenoxy) is 1. The Labute approximate surface area is 183 Å². The number of hydrogen-bond acceptors (Lipinski definition) is 5. The first kappa shape index (κ1) is 21.6. The Bertz CT molecular complexity index is 1460. The zero-order valence-corrected chi connectivity index (χ0v) is 17.5. The second-order valence-electron chi connectivity index (χ2n) is 6.97. The Hall–Kier alpha value is -3.60. The molecule has 0 unspecified atom stereocenters. The summed E-state index contributed by atoms with van der Waals surface area (Å²) in [5, 5.41) is 0.215. The van der Waals surface area contributed by atoms with Crippen molar-refractivity contribution in [1.29, 1.82) is 0 Å². The number of aryl methyl sites for hydroxylation is 1. The number of benzene rings is 1. The number of rotatable bonds is 4. The predicted molar refractivity (Wildman–Crippen MR) is 110 cm³/mol. The molecule has 0 spiro atoms. The normalized spacial score (nSPS) is 11.8. The average molecular weight is 466 g/mol. The van der Waals surface area contributed by atoms with Gasteiger partial charge < -0.3 is 4.74 Å². The van der Waals surface area contributed by atoms with Crippen molar-refractivity contribution in [2.45, 2.75) is 12.7 Å². The maximum Gasteiger partial charge on any atom is 0.416 e. The van der Waals surface area contributed by atoms with Crippen molar-refractivity contribution in [2.24, 2.45) is 14.1 Å². The molecule has 0 aliphatic carbocycles. The Balaban J connectivity index is 1.92. The zero-order chi connectivity index (χ0) is 23.2. The SMILES string of the molecule is Cn1c(=O)c2c(nc(Oc3cccc(C(F)(F)F)c3)n2Cc2ccnc(Cl)c2)n(C)c1=O. The lowest BCUT2D eigenvalue weighted by Gasteiger charge is -2.12. The highest BCUT2D eigenvalue weighted by molar-refractivity contribution is 6.29. The van der Waals surface area contributed by atoms with Crippen molar-refractivity contribution < 1.29 is 17.9 Å². The molecule has 0 saturated heterocycles. The van der Waals surface area contributed by atoms with E-state index < -0.39 is 23.0 Å². The molecule has 0 bridgehead atoms. The summed E-state index contributed by atoms with van der Waals surface area (Å²) in [6.45, 7) is 0.0421. The Morgan fingerprint density at radius 2 is 1.84 bits per heavy atom. The minimum absolute atomic E-state index is 0.0280. The largest absolute Gasteiger partial charge is 0.425 e. The van der Waals surface area contributed by atoms with Gasteiger partial charge in [-0.1, -0.05) is 17.7 Å². The van der Waals surface area contributed by atoms with Crippen LogP contribution in [0.3, 0.4) is 0 Å². The van der Waals surface area contributed by atoms with Gasteiger partial charge in [0.15, 0.2) is 11.2 Å². The fraction of sp³-hybridized carbons (Fsp3) is 0.200. The molecule has 12 heteroatoms. The van der Waals surface area contributed by atoms with Gasteiger partial charge in [0.2, 0.25) is 0 Å². The van der Waals surface area contributed by atoms with Crippen LogP contribution in [0.5, 0.6) is 11.8 Å². The number of imidazole rings is 1. The summed E-state index contributed by atoms with van der Waals surface area (Å²) in [7, 11) is 2.75. The predicted octanol–water partition coefficient (Wildman–Crippen LogP) is 3.34. The van der Waals surface area contributed by atoms with Crippen LogP contribution in [0, 0.1) is 0 Å². The maximum atomic E-state index is 13.1. The van der Waals surface area contributed by atoms with Crippen molar-refractivity contribution in [3.8, 4) is 11.8 Å². The van der Waals surface area contributed by atoms with Gasteiger partial charge in [-0.3, -0.25) is 18.5 Å². The molecule has 4 aromatic rings. The van der Waals surface area contributed by atoms with Gasteiger partial charge in [0.25, 0.3) is 5.56 Å². The van der Waals surface area contributed by atoms with Gasteiger partial charge in [0, 0.05) is 20.3 Å². The minimum Gasteiger partial charge on any atom is -0.425 e. The van der Waals surface area contributed by atoms with E-state index >= 15 is 0 Å². The van der Waals surface area contributed by atoms with Crippen molar-refractivity contribution in [1.82, 2.24) is 23.7 Å². The highest BCUT2D eigenvalue weighted by atomic mass is 35.5. The van der Waals surface area contributed by atoms with Gasteiger partial charge in [-0.15, -0.1) is 0 Å². The molecular formula is C20H15ClF3N5O3. The molecule has 4 rings (SSSR count). The smallest absolute Gasteiger partial charge is 0.416 e. The Kier molecular flexibility index (Phi) is 5.29. The average Bonchev–Trinajstić information content (AvgIpc) is 3.08. The topological polar surface area (TPSA) is 83.9 Å². The van der Waals surface area contributed by atoms with Crippen molar-refractivity contribution in [3.63, 3.8) is 0 Å². The number of aromatic nitrogens is 5. The first-order valence-electron chi connectivity index (χ1n) is 9.18. The molecule has 8 nitrogen and oxygen atoms in total. The van der Waals surface area contributed by atoms with E-state index in [-0.39, 0.29) is 34.6 Å². The van der Waals surface area contributed by atoms with Gasteiger partial charge in [-0.2, -0.15) is 18.2 Å². The fourth-order valence-electron chi connectivity index (χ4n) is 3.22. The number of halogens is 4. The summed E-state index contributed by atoms with van der Waals surface area (Å²) in [6.07, 6.45) is -3.09. The zero-order valence-electron chi connectivity index (χ0n) is 16.7. The van der Waals surface area contributed by atoms with Gasteiger partial charge in [-0.25, -0.2) is 9.78 Å². The van der Waals surface area contributed by atoms with Gasteiger partial charge in [0.1, 0.15) is 10.9 Å². The van der Waals surface area contributed by atoms with E-state index in [0.29, 0.717) is 5.56 Å². The summed E-state index contributed by atoms with van der Waals surface area (Å²) < 4.78 is 48.4. The van der Waals surface area contributed by atoms with E-state index in [4.69, 9.17) is 16.3 Å². The van der Waals surface area contributed by atoms with E-state index in [1.165, 1.54) is 37.0 Å². The van der Waals surface area contributed by atoms with E-state index in [1.54, 1.807) is 12.1 Å². The summed E-state index contributed by atoms with van der Waals surface area (Å²) in [6, 6.07) is 7.32. The van der Waals surface area contributed by atoms with E-state index in [1.807, 2.05) is 0 Å². The fourth-order valence-corrected chi connectivity index (χ4v) is 3.41. The lowest BCUT2D eigenvalue weighted by Crippen LogP contribution is -2.37. The van der Waals surface area contributed by atoms with Crippen molar-refractivity contribution in [3.05, 3.63) is 79.7 Å². The third-order valence-electron chi connectivity index (χ3n) is 4.82. The first-order valence-corrected chi connectivity index (χ1v) is 9.56. The first-order chi connectivity index (χ1) is 15.1. The standard InChI is InChI=1S/C20H15ClF3N5O3/c1-27-16-15(17(30)28(2)19(27)31)29(10-11-6-7-25-14(21)8-11)18(26-16)32-13-5-3-4-12(9-13)20(22,23)24/h3-9H,10H2,1-2H3. The van der Waals surface area contributed by atoms with Crippen LogP contribution in [-0.2, 0) is 26.8 Å². The van der Waals surface area contributed by atoms with Crippen LogP contribution in [0.1, 0.15) is 11.1 Å². The molecule has 3 aromatic heterocycles. The lowest BCUT2D eigenvalue weighted by molar-refractivity contribution is -0.137.